The number of benzene rings is 1. The smallest absolute Gasteiger partial charge is 0.319 e. The van der Waals surface area contributed by atoms with Gasteiger partial charge < -0.3 is 31.0 Å². The van der Waals surface area contributed by atoms with Crippen LogP contribution in [0.1, 0.15) is 52.8 Å². The highest BCUT2D eigenvalue weighted by molar-refractivity contribution is 5.90. The topological polar surface area (TPSA) is 156 Å². The fourth-order valence-electron chi connectivity index (χ4n) is 5.04. The van der Waals surface area contributed by atoms with Gasteiger partial charge in [-0.05, 0) is 49.4 Å². The third kappa shape index (κ3) is 6.17. The number of amides is 2. The van der Waals surface area contributed by atoms with E-state index in [4.69, 9.17) is 16.2 Å². The molecule has 212 valence electrons. The molecule has 3 heterocycles. The van der Waals surface area contributed by atoms with E-state index in [0.717, 1.165) is 5.69 Å². The Bertz CT molecular complexity index is 1270. The van der Waals surface area contributed by atoms with Crippen LogP contribution in [0.15, 0.2) is 42.9 Å². The number of fused-ring (bicyclic) bond motifs is 1. The van der Waals surface area contributed by atoms with Gasteiger partial charge in [-0.25, -0.2) is 14.8 Å². The van der Waals surface area contributed by atoms with Gasteiger partial charge in [-0.1, -0.05) is 32.9 Å². The van der Waals surface area contributed by atoms with Crippen molar-refractivity contribution in [2.45, 2.75) is 77.0 Å². The highest BCUT2D eigenvalue weighted by atomic mass is 16.6. The van der Waals surface area contributed by atoms with Gasteiger partial charge in [0.2, 0.25) is 0 Å². The van der Waals surface area contributed by atoms with Gasteiger partial charge in [-0.2, -0.15) is 0 Å². The first-order chi connectivity index (χ1) is 18.4. The van der Waals surface area contributed by atoms with Crippen LogP contribution in [0.3, 0.4) is 0 Å². The fourth-order valence-corrected chi connectivity index (χ4v) is 5.04. The largest absolute Gasteiger partial charge is 0.387 e. The molecule has 0 spiro atoms. The number of anilines is 2. The van der Waals surface area contributed by atoms with E-state index in [0.29, 0.717) is 42.9 Å². The Morgan fingerprint density at radius 1 is 1.10 bits per heavy atom. The summed E-state index contributed by atoms with van der Waals surface area (Å²) in [7, 11) is 0. The minimum atomic E-state index is -1.14. The third-order valence-corrected chi connectivity index (χ3v) is 7.43. The molecule has 0 saturated carbocycles. The number of nitrogen functional groups attached to an aromatic ring is 1. The molecular formula is C28H41N7O4. The van der Waals surface area contributed by atoms with Crippen molar-refractivity contribution in [3.05, 3.63) is 48.4 Å². The van der Waals surface area contributed by atoms with E-state index in [2.05, 4.69) is 49.5 Å². The quantitative estimate of drug-likeness (QED) is 0.323. The van der Waals surface area contributed by atoms with Gasteiger partial charge in [0, 0.05) is 37.6 Å². The Balaban J connectivity index is 1.40. The summed E-state index contributed by atoms with van der Waals surface area (Å²) in [6, 6.07) is 9.32. The second-order valence-electron chi connectivity index (χ2n) is 11.5. The molecule has 0 aliphatic carbocycles. The highest BCUT2D eigenvalue weighted by Crippen LogP contribution is 2.33. The Morgan fingerprint density at radius 3 is 2.41 bits per heavy atom. The van der Waals surface area contributed by atoms with Crippen molar-refractivity contribution < 1.29 is 19.7 Å². The number of aliphatic hydroxyl groups excluding tert-OH is 2. The van der Waals surface area contributed by atoms with Crippen LogP contribution in [0.25, 0.3) is 11.0 Å². The minimum Gasteiger partial charge on any atom is -0.387 e. The molecule has 1 aliphatic rings. The number of hydrogen-bond donors (Lipinski definition) is 4. The molecule has 1 fully saturated rings. The van der Waals surface area contributed by atoms with E-state index < -0.39 is 30.6 Å². The zero-order chi connectivity index (χ0) is 28.5. The van der Waals surface area contributed by atoms with E-state index in [1.807, 2.05) is 24.3 Å². The van der Waals surface area contributed by atoms with Crippen LogP contribution in [0.5, 0.6) is 0 Å². The lowest BCUT2D eigenvalue weighted by atomic mass is 9.87. The first kappa shape index (κ1) is 28.8. The molecule has 39 heavy (non-hydrogen) atoms. The predicted molar refractivity (Wildman–Crippen MR) is 151 cm³/mol. The molecule has 1 saturated heterocycles. The van der Waals surface area contributed by atoms with Crippen LogP contribution in [0, 0.1) is 0 Å². The molecule has 2 amide bonds. The number of hydrogen-bond acceptors (Lipinski definition) is 8. The number of carbonyl (C=O) groups is 1. The average molecular weight is 540 g/mol. The lowest BCUT2D eigenvalue weighted by Gasteiger charge is -2.31. The molecule has 1 aliphatic heterocycles. The normalized spacial score (nSPS) is 21.8. The Kier molecular flexibility index (Phi) is 8.45. The zero-order valence-corrected chi connectivity index (χ0v) is 23.4. The second-order valence-corrected chi connectivity index (χ2v) is 11.5. The molecule has 2 aromatic heterocycles. The molecule has 11 nitrogen and oxygen atoms in total. The minimum absolute atomic E-state index is 0.0167. The van der Waals surface area contributed by atoms with Crippen molar-refractivity contribution in [3.63, 3.8) is 0 Å². The molecule has 4 rings (SSSR count). The van der Waals surface area contributed by atoms with E-state index in [1.54, 1.807) is 21.7 Å². The first-order valence-corrected chi connectivity index (χ1v) is 13.4. The van der Waals surface area contributed by atoms with Crippen LogP contribution in [0.4, 0.5) is 16.3 Å². The Morgan fingerprint density at radius 2 is 1.79 bits per heavy atom. The van der Waals surface area contributed by atoms with Gasteiger partial charge in [-0.15, -0.1) is 0 Å². The molecule has 0 unspecified atom stereocenters. The second kappa shape index (κ2) is 11.5. The molecule has 4 atom stereocenters. The molecule has 1 aromatic carbocycles. The summed E-state index contributed by atoms with van der Waals surface area (Å²) in [5.74, 6) is 0.337. The summed E-state index contributed by atoms with van der Waals surface area (Å²) in [5, 5.41) is 22.4. The summed E-state index contributed by atoms with van der Waals surface area (Å²) < 4.78 is 7.85. The highest BCUT2D eigenvalue weighted by Gasteiger charge is 2.44. The number of primary amides is 1. The number of aliphatic hydroxyl groups is 2. The van der Waals surface area contributed by atoms with E-state index in [9.17, 15) is 15.0 Å². The fraction of sp³-hybridized carbons (Fsp3) is 0.536. The zero-order valence-electron chi connectivity index (χ0n) is 23.4. The SMILES string of the molecule is CC(C)N(CCCN(C(N)=O)c1ccc(C(C)(C)C)cc1)C[C@H]1O[C@@H](n2ccc3c(N)ncnc32)[C@H](O)[C@@H]1O. The van der Waals surface area contributed by atoms with Crippen molar-refractivity contribution in [1.29, 1.82) is 0 Å². The molecular weight excluding hydrogens is 498 g/mol. The monoisotopic (exact) mass is 539 g/mol. The third-order valence-electron chi connectivity index (χ3n) is 7.43. The average Bonchev–Trinajstić information content (AvgIpc) is 3.42. The molecule has 0 bridgehead atoms. The van der Waals surface area contributed by atoms with Crippen molar-refractivity contribution in [1.82, 2.24) is 19.4 Å². The van der Waals surface area contributed by atoms with Crippen LogP contribution >= 0.6 is 0 Å². The Hall–Kier alpha value is -3.25. The summed E-state index contributed by atoms with van der Waals surface area (Å²) in [6.07, 6.45) is 0.0842. The predicted octanol–water partition coefficient (Wildman–Crippen LogP) is 2.62. The lowest BCUT2D eigenvalue weighted by molar-refractivity contribution is -0.0465. The number of aromatic nitrogens is 3. The number of nitrogens with zero attached hydrogens (tertiary/aromatic N) is 5. The van der Waals surface area contributed by atoms with Gasteiger partial charge in [-0.3, -0.25) is 9.80 Å². The summed E-state index contributed by atoms with van der Waals surface area (Å²) in [4.78, 5) is 24.3. The van der Waals surface area contributed by atoms with Crippen LogP contribution < -0.4 is 16.4 Å². The van der Waals surface area contributed by atoms with Gasteiger partial charge in [0.05, 0.1) is 5.39 Å². The van der Waals surface area contributed by atoms with Crippen molar-refractivity contribution >= 4 is 28.6 Å². The van der Waals surface area contributed by atoms with Gasteiger partial charge in [0.1, 0.15) is 36.1 Å². The van der Waals surface area contributed by atoms with Crippen LogP contribution in [0.2, 0.25) is 0 Å². The summed E-state index contributed by atoms with van der Waals surface area (Å²) in [6.45, 7) is 12.0. The number of carbonyl (C=O) groups excluding carboxylic acids is 1. The van der Waals surface area contributed by atoms with E-state index in [1.165, 1.54) is 11.9 Å². The maximum Gasteiger partial charge on any atom is 0.319 e. The maximum absolute atomic E-state index is 12.2. The Labute approximate surface area is 229 Å². The molecule has 3 aromatic rings. The molecule has 6 N–H and O–H groups in total. The van der Waals surface area contributed by atoms with Gasteiger partial charge >= 0.3 is 6.03 Å². The van der Waals surface area contributed by atoms with Gasteiger partial charge in [0.25, 0.3) is 0 Å². The van der Waals surface area contributed by atoms with Crippen molar-refractivity contribution in [3.8, 4) is 0 Å². The summed E-state index contributed by atoms with van der Waals surface area (Å²) >= 11 is 0. The number of ether oxygens (including phenoxy) is 1. The summed E-state index contributed by atoms with van der Waals surface area (Å²) in [5.41, 5.74) is 14.2. The lowest BCUT2D eigenvalue weighted by Crippen LogP contribution is -2.44. The van der Waals surface area contributed by atoms with Crippen LogP contribution in [-0.2, 0) is 10.2 Å². The van der Waals surface area contributed by atoms with Gasteiger partial charge in [0.15, 0.2) is 6.23 Å². The maximum atomic E-state index is 12.2. The van der Waals surface area contributed by atoms with Crippen LogP contribution in [-0.4, -0.2) is 79.7 Å². The van der Waals surface area contributed by atoms with Crippen molar-refractivity contribution in [2.75, 3.05) is 30.3 Å². The number of nitrogens with two attached hydrogens (primary N) is 2. The number of urea groups is 1. The standard InChI is InChI=1S/C28H41N7O4/c1-17(2)33(12-6-13-34(27(30)38)19-9-7-18(8-10-19)28(3,4)5)15-21-22(36)23(37)26(39-21)35-14-11-20-24(29)31-16-32-25(20)35/h7-11,14,16-17,21-23,26,36-37H,6,12-13,15H2,1-5H3,(H2,30,38)(H2,29,31,32)/t21-,22-,23-,26-/m1/s1. The molecule has 0 radical (unpaired) electrons. The molecule has 11 heteroatoms. The van der Waals surface area contributed by atoms with E-state index in [-0.39, 0.29) is 11.5 Å². The van der Waals surface area contributed by atoms with E-state index >= 15 is 0 Å². The first-order valence-electron chi connectivity index (χ1n) is 13.4. The number of rotatable bonds is 9. The van der Waals surface area contributed by atoms with Crippen molar-refractivity contribution in [2.24, 2.45) is 5.73 Å².